The van der Waals surface area contributed by atoms with Crippen molar-refractivity contribution in [3.63, 3.8) is 0 Å². The van der Waals surface area contributed by atoms with Crippen LogP contribution < -0.4 is 5.32 Å². The molecule has 2 N–H and O–H groups in total. The van der Waals surface area contributed by atoms with Crippen LogP contribution in [0, 0.1) is 5.92 Å². The SMILES string of the molecule is CN=C(NCCCOCC1CCOCC1)N1CCC(c2ncn[nH]2)CC1.I. The second kappa shape index (κ2) is 12.5. The number of likely N-dealkylation sites (tertiary alicyclic amines) is 1. The van der Waals surface area contributed by atoms with E-state index in [1.807, 2.05) is 7.05 Å². The first kappa shape index (κ1) is 22.4. The van der Waals surface area contributed by atoms with E-state index in [4.69, 9.17) is 9.47 Å². The molecule has 3 rings (SSSR count). The van der Waals surface area contributed by atoms with Crippen LogP contribution in [0.25, 0.3) is 0 Å². The van der Waals surface area contributed by atoms with Crippen LogP contribution in [-0.4, -0.2) is 79.2 Å². The quantitative estimate of drug-likeness (QED) is 0.262. The van der Waals surface area contributed by atoms with Gasteiger partial charge in [-0.05, 0) is 38.0 Å². The van der Waals surface area contributed by atoms with Gasteiger partial charge in [-0.1, -0.05) is 0 Å². The van der Waals surface area contributed by atoms with Gasteiger partial charge in [0.25, 0.3) is 0 Å². The van der Waals surface area contributed by atoms with Crippen molar-refractivity contribution in [2.24, 2.45) is 10.9 Å². The van der Waals surface area contributed by atoms with Crippen LogP contribution in [0.2, 0.25) is 0 Å². The Morgan fingerprint density at radius 2 is 2.11 bits per heavy atom. The van der Waals surface area contributed by atoms with Gasteiger partial charge in [-0.25, -0.2) is 4.98 Å². The molecular weight excluding hydrogens is 459 g/mol. The minimum atomic E-state index is 0. The Morgan fingerprint density at radius 3 is 2.78 bits per heavy atom. The molecule has 0 unspecified atom stereocenters. The minimum Gasteiger partial charge on any atom is -0.381 e. The molecule has 1 aromatic rings. The van der Waals surface area contributed by atoms with Crippen LogP contribution in [0.15, 0.2) is 11.3 Å². The van der Waals surface area contributed by atoms with Gasteiger partial charge in [-0.3, -0.25) is 10.1 Å². The van der Waals surface area contributed by atoms with Crippen molar-refractivity contribution < 1.29 is 9.47 Å². The number of rotatable bonds is 7. The van der Waals surface area contributed by atoms with Crippen LogP contribution in [0.4, 0.5) is 0 Å². The lowest BCUT2D eigenvalue weighted by atomic mass is 9.96. The predicted octanol–water partition coefficient (Wildman–Crippen LogP) is 2.01. The van der Waals surface area contributed by atoms with E-state index >= 15 is 0 Å². The Balaban J connectivity index is 0.00000261. The van der Waals surface area contributed by atoms with Gasteiger partial charge in [-0.15, -0.1) is 24.0 Å². The Morgan fingerprint density at radius 1 is 1.33 bits per heavy atom. The van der Waals surface area contributed by atoms with Gasteiger partial charge in [0.1, 0.15) is 12.2 Å². The number of piperidine rings is 1. The Labute approximate surface area is 178 Å². The third-order valence-corrected chi connectivity index (χ3v) is 5.27. The molecule has 0 atom stereocenters. The summed E-state index contributed by atoms with van der Waals surface area (Å²) in [6.07, 6.45) is 7.00. The fourth-order valence-corrected chi connectivity index (χ4v) is 3.65. The van der Waals surface area contributed by atoms with Gasteiger partial charge >= 0.3 is 0 Å². The smallest absolute Gasteiger partial charge is 0.193 e. The molecule has 154 valence electrons. The second-order valence-corrected chi connectivity index (χ2v) is 7.09. The molecule has 0 saturated carbocycles. The van der Waals surface area contributed by atoms with E-state index in [0.29, 0.717) is 11.8 Å². The molecule has 0 radical (unpaired) electrons. The van der Waals surface area contributed by atoms with Crippen molar-refractivity contribution in [2.75, 3.05) is 53.1 Å². The molecule has 0 bridgehead atoms. The molecule has 3 heterocycles. The Hall–Kier alpha value is -0.940. The predicted molar refractivity (Wildman–Crippen MR) is 116 cm³/mol. The summed E-state index contributed by atoms with van der Waals surface area (Å²) in [4.78, 5) is 11.1. The van der Waals surface area contributed by atoms with Crippen LogP contribution in [0.3, 0.4) is 0 Å². The lowest BCUT2D eigenvalue weighted by molar-refractivity contribution is 0.0203. The largest absolute Gasteiger partial charge is 0.381 e. The molecule has 0 amide bonds. The first-order valence-corrected chi connectivity index (χ1v) is 9.83. The van der Waals surface area contributed by atoms with Gasteiger partial charge in [0, 0.05) is 59.0 Å². The van der Waals surface area contributed by atoms with E-state index in [1.54, 1.807) is 6.33 Å². The number of aromatic amines is 1. The zero-order valence-electron chi connectivity index (χ0n) is 16.2. The van der Waals surface area contributed by atoms with E-state index in [9.17, 15) is 0 Å². The van der Waals surface area contributed by atoms with Crippen molar-refractivity contribution in [2.45, 2.75) is 38.0 Å². The lowest BCUT2D eigenvalue weighted by Crippen LogP contribution is -2.45. The monoisotopic (exact) mass is 492 g/mol. The van der Waals surface area contributed by atoms with E-state index in [2.05, 4.69) is 30.4 Å². The Kier molecular flexibility index (Phi) is 10.4. The molecule has 0 aliphatic carbocycles. The zero-order valence-corrected chi connectivity index (χ0v) is 18.6. The Bertz CT molecular complexity index is 528. The molecule has 2 fully saturated rings. The molecule has 2 saturated heterocycles. The molecule has 0 spiro atoms. The minimum absolute atomic E-state index is 0. The van der Waals surface area contributed by atoms with Crippen LogP contribution in [-0.2, 0) is 9.47 Å². The van der Waals surface area contributed by atoms with E-state index in [1.165, 1.54) is 0 Å². The van der Waals surface area contributed by atoms with Gasteiger partial charge in [0.2, 0.25) is 0 Å². The molecule has 27 heavy (non-hydrogen) atoms. The highest BCUT2D eigenvalue weighted by Crippen LogP contribution is 2.24. The number of guanidine groups is 1. The highest BCUT2D eigenvalue weighted by Gasteiger charge is 2.24. The van der Waals surface area contributed by atoms with Gasteiger partial charge in [0.05, 0.1) is 0 Å². The second-order valence-electron chi connectivity index (χ2n) is 7.09. The summed E-state index contributed by atoms with van der Waals surface area (Å²) in [6.45, 7) is 6.32. The number of hydrogen-bond donors (Lipinski definition) is 2. The molecule has 2 aliphatic rings. The van der Waals surface area contributed by atoms with Gasteiger partial charge < -0.3 is 19.7 Å². The summed E-state index contributed by atoms with van der Waals surface area (Å²) in [6, 6.07) is 0. The van der Waals surface area contributed by atoms with Gasteiger partial charge in [0.15, 0.2) is 5.96 Å². The highest BCUT2D eigenvalue weighted by molar-refractivity contribution is 14.0. The first-order valence-electron chi connectivity index (χ1n) is 9.83. The van der Waals surface area contributed by atoms with Crippen molar-refractivity contribution >= 4 is 29.9 Å². The van der Waals surface area contributed by atoms with Crippen molar-refractivity contribution in [3.05, 3.63) is 12.2 Å². The average molecular weight is 492 g/mol. The van der Waals surface area contributed by atoms with Crippen LogP contribution >= 0.6 is 24.0 Å². The highest BCUT2D eigenvalue weighted by atomic mass is 127. The lowest BCUT2D eigenvalue weighted by Gasteiger charge is -2.33. The summed E-state index contributed by atoms with van der Waals surface area (Å²) in [5.41, 5.74) is 0. The molecule has 2 aliphatic heterocycles. The fraction of sp³-hybridized carbons (Fsp3) is 0.833. The number of H-pyrrole nitrogens is 1. The van der Waals surface area contributed by atoms with Crippen molar-refractivity contribution in [1.82, 2.24) is 25.4 Å². The zero-order chi connectivity index (χ0) is 18.0. The third-order valence-electron chi connectivity index (χ3n) is 5.27. The third kappa shape index (κ3) is 7.19. The number of aromatic nitrogens is 3. The molecule has 8 nitrogen and oxygen atoms in total. The molecular formula is C18H33IN6O2. The van der Waals surface area contributed by atoms with Gasteiger partial charge in [-0.2, -0.15) is 5.10 Å². The number of halogens is 1. The number of hydrogen-bond acceptors (Lipinski definition) is 5. The number of aliphatic imine (C=N–C) groups is 1. The van der Waals surface area contributed by atoms with E-state index in [-0.39, 0.29) is 24.0 Å². The van der Waals surface area contributed by atoms with Crippen LogP contribution in [0.1, 0.15) is 43.8 Å². The maximum Gasteiger partial charge on any atom is 0.193 e. The topological polar surface area (TPSA) is 87.7 Å². The summed E-state index contributed by atoms with van der Waals surface area (Å²) in [5.74, 6) is 3.15. The number of ether oxygens (including phenoxy) is 2. The average Bonchev–Trinajstić information content (AvgIpc) is 3.23. The van der Waals surface area contributed by atoms with Crippen molar-refractivity contribution in [3.8, 4) is 0 Å². The summed E-state index contributed by atoms with van der Waals surface area (Å²) < 4.78 is 11.2. The standard InChI is InChI=1S/C18H32N6O2.HI/c1-19-18(20-7-2-10-26-13-15-5-11-25-12-6-15)24-8-3-16(4-9-24)17-21-14-22-23-17;/h14-16H,2-13H2,1H3,(H,19,20)(H,21,22,23);1H. The first-order chi connectivity index (χ1) is 12.9. The van der Waals surface area contributed by atoms with Crippen molar-refractivity contribution in [1.29, 1.82) is 0 Å². The molecule has 9 heteroatoms. The number of nitrogens with zero attached hydrogens (tertiary/aromatic N) is 4. The molecule has 1 aromatic heterocycles. The maximum atomic E-state index is 5.82. The summed E-state index contributed by atoms with van der Waals surface area (Å²) in [5, 5.41) is 10.4. The number of nitrogens with one attached hydrogen (secondary N) is 2. The van der Waals surface area contributed by atoms with E-state index in [0.717, 1.165) is 89.9 Å². The van der Waals surface area contributed by atoms with Crippen LogP contribution in [0.5, 0.6) is 0 Å². The van der Waals surface area contributed by atoms with E-state index < -0.39 is 0 Å². The molecule has 0 aromatic carbocycles. The maximum absolute atomic E-state index is 5.82. The fourth-order valence-electron chi connectivity index (χ4n) is 3.65. The summed E-state index contributed by atoms with van der Waals surface area (Å²) in [7, 11) is 1.85. The summed E-state index contributed by atoms with van der Waals surface area (Å²) >= 11 is 0. The normalized spacial score (nSPS) is 19.7.